The normalized spacial score (nSPS) is 19.0. The van der Waals surface area contributed by atoms with Crippen LogP contribution in [0, 0.1) is 0 Å². The van der Waals surface area contributed by atoms with Gasteiger partial charge in [0.25, 0.3) is 6.02 Å². The van der Waals surface area contributed by atoms with Crippen molar-refractivity contribution in [1.82, 2.24) is 0 Å². The molecular formula is C11H12N2O3. The minimum absolute atomic E-state index is 0.0377. The van der Waals surface area contributed by atoms with E-state index in [1.807, 2.05) is 0 Å². The summed E-state index contributed by atoms with van der Waals surface area (Å²) in [5.74, 6) is -0.919. The van der Waals surface area contributed by atoms with E-state index in [4.69, 9.17) is 15.6 Å². The van der Waals surface area contributed by atoms with Gasteiger partial charge in [-0.05, 0) is 24.1 Å². The minimum atomic E-state index is -0.919. The molecule has 0 amide bonds. The smallest absolute Gasteiger partial charge is 0.335 e. The summed E-state index contributed by atoms with van der Waals surface area (Å²) in [6.07, 6.45) is 0.709. The van der Waals surface area contributed by atoms with Gasteiger partial charge in [-0.1, -0.05) is 12.1 Å². The third kappa shape index (κ3) is 2.31. The molecule has 1 aliphatic rings. The van der Waals surface area contributed by atoms with Crippen molar-refractivity contribution in [2.24, 2.45) is 10.7 Å². The van der Waals surface area contributed by atoms with E-state index in [0.29, 0.717) is 13.0 Å². The predicted molar refractivity (Wildman–Crippen MR) is 58.5 cm³/mol. The maximum Gasteiger partial charge on any atom is 0.335 e. The molecule has 0 aliphatic carbocycles. The van der Waals surface area contributed by atoms with Gasteiger partial charge in [-0.25, -0.2) is 9.79 Å². The lowest BCUT2D eigenvalue weighted by Gasteiger charge is -2.05. The van der Waals surface area contributed by atoms with Gasteiger partial charge in [0, 0.05) is 0 Å². The average molecular weight is 220 g/mol. The second kappa shape index (κ2) is 4.22. The lowest BCUT2D eigenvalue weighted by molar-refractivity contribution is 0.0697. The van der Waals surface area contributed by atoms with E-state index in [1.54, 1.807) is 24.3 Å². The predicted octanol–water partition coefficient (Wildman–Crippen LogP) is 0.641. The zero-order valence-corrected chi connectivity index (χ0v) is 8.59. The summed E-state index contributed by atoms with van der Waals surface area (Å²) in [4.78, 5) is 14.7. The largest absolute Gasteiger partial charge is 0.478 e. The number of carboxylic acid groups (broad SMARTS) is 1. The number of nitrogens with two attached hydrogens (primary N) is 1. The number of aromatic carboxylic acids is 1. The summed E-state index contributed by atoms with van der Waals surface area (Å²) < 4.78 is 5.03. The summed E-state index contributed by atoms with van der Waals surface area (Å²) >= 11 is 0. The lowest BCUT2D eigenvalue weighted by atomic mass is 10.1. The third-order valence-electron chi connectivity index (χ3n) is 2.41. The molecular weight excluding hydrogens is 208 g/mol. The number of hydrogen-bond acceptors (Lipinski definition) is 4. The van der Waals surface area contributed by atoms with Crippen LogP contribution in [0.5, 0.6) is 0 Å². The molecule has 1 atom stereocenters. The molecule has 1 aromatic carbocycles. The van der Waals surface area contributed by atoms with Crippen molar-refractivity contribution in [2.45, 2.75) is 12.5 Å². The zero-order chi connectivity index (χ0) is 11.5. The highest BCUT2D eigenvalue weighted by Gasteiger charge is 2.16. The molecule has 5 heteroatoms. The summed E-state index contributed by atoms with van der Waals surface area (Å²) in [5, 5.41) is 8.74. The summed E-state index contributed by atoms with van der Waals surface area (Å²) in [6.45, 7) is 0.493. The third-order valence-corrected chi connectivity index (χ3v) is 2.41. The first-order valence-electron chi connectivity index (χ1n) is 4.93. The topological polar surface area (TPSA) is 84.9 Å². The molecule has 1 aromatic rings. The molecule has 0 radical (unpaired) electrons. The number of carbonyl (C=O) groups is 1. The van der Waals surface area contributed by atoms with Crippen LogP contribution in [-0.4, -0.2) is 29.7 Å². The standard InChI is InChI=1S/C11H12N2O3/c12-11-13-9(6-16-11)5-7-1-3-8(4-2-7)10(14)15/h1-4,9H,5-6H2,(H2,12,13)(H,14,15). The maximum absolute atomic E-state index is 10.6. The number of amidine groups is 1. The molecule has 0 fully saturated rings. The van der Waals surface area contributed by atoms with Gasteiger partial charge >= 0.3 is 5.97 Å². The number of hydrogen-bond donors (Lipinski definition) is 2. The highest BCUT2D eigenvalue weighted by molar-refractivity contribution is 5.87. The van der Waals surface area contributed by atoms with Crippen LogP contribution in [-0.2, 0) is 11.2 Å². The van der Waals surface area contributed by atoms with Gasteiger partial charge in [0.05, 0.1) is 11.6 Å². The van der Waals surface area contributed by atoms with E-state index in [0.717, 1.165) is 5.56 Å². The van der Waals surface area contributed by atoms with Crippen molar-refractivity contribution in [3.05, 3.63) is 35.4 Å². The number of nitrogens with zero attached hydrogens (tertiary/aromatic N) is 1. The van der Waals surface area contributed by atoms with E-state index < -0.39 is 5.97 Å². The molecule has 1 aliphatic heterocycles. The number of carboxylic acids is 1. The first-order valence-corrected chi connectivity index (χ1v) is 4.93. The molecule has 0 aromatic heterocycles. The van der Waals surface area contributed by atoms with Crippen LogP contribution in [0.25, 0.3) is 0 Å². The van der Waals surface area contributed by atoms with Gasteiger partial charge in [-0.2, -0.15) is 0 Å². The Morgan fingerprint density at radius 3 is 2.69 bits per heavy atom. The van der Waals surface area contributed by atoms with Crippen molar-refractivity contribution in [3.8, 4) is 0 Å². The molecule has 84 valence electrons. The van der Waals surface area contributed by atoms with E-state index in [-0.39, 0.29) is 17.6 Å². The molecule has 2 rings (SSSR count). The van der Waals surface area contributed by atoms with E-state index >= 15 is 0 Å². The fourth-order valence-corrected chi connectivity index (χ4v) is 1.60. The van der Waals surface area contributed by atoms with Crippen LogP contribution in [0.4, 0.5) is 0 Å². The number of aliphatic imine (C=N–C) groups is 1. The Balaban J connectivity index is 2.03. The Morgan fingerprint density at radius 2 is 2.19 bits per heavy atom. The zero-order valence-electron chi connectivity index (χ0n) is 8.59. The Bertz CT molecular complexity index is 425. The Kier molecular flexibility index (Phi) is 2.76. The molecule has 16 heavy (non-hydrogen) atoms. The summed E-state index contributed by atoms with van der Waals surface area (Å²) in [5.41, 5.74) is 6.70. The van der Waals surface area contributed by atoms with Crippen LogP contribution >= 0.6 is 0 Å². The van der Waals surface area contributed by atoms with Crippen LogP contribution in [0.15, 0.2) is 29.3 Å². The van der Waals surface area contributed by atoms with Gasteiger partial charge in [-0.3, -0.25) is 0 Å². The van der Waals surface area contributed by atoms with Crippen molar-refractivity contribution >= 4 is 12.0 Å². The summed E-state index contributed by atoms with van der Waals surface area (Å²) in [7, 11) is 0. The quantitative estimate of drug-likeness (QED) is 0.782. The van der Waals surface area contributed by atoms with Crippen LogP contribution in [0.1, 0.15) is 15.9 Å². The highest BCUT2D eigenvalue weighted by Crippen LogP contribution is 2.11. The molecule has 1 unspecified atom stereocenters. The fourth-order valence-electron chi connectivity index (χ4n) is 1.60. The SMILES string of the molecule is NC1=NC(Cc2ccc(C(=O)O)cc2)CO1. The Labute approximate surface area is 92.6 Å². The van der Waals surface area contributed by atoms with E-state index in [9.17, 15) is 4.79 Å². The van der Waals surface area contributed by atoms with E-state index in [1.165, 1.54) is 0 Å². The van der Waals surface area contributed by atoms with Crippen LogP contribution in [0.3, 0.4) is 0 Å². The average Bonchev–Trinajstić information content (AvgIpc) is 2.65. The Hall–Kier alpha value is -2.04. The van der Waals surface area contributed by atoms with Gasteiger partial charge < -0.3 is 15.6 Å². The van der Waals surface area contributed by atoms with Crippen molar-refractivity contribution in [2.75, 3.05) is 6.61 Å². The van der Waals surface area contributed by atoms with Crippen LogP contribution < -0.4 is 5.73 Å². The van der Waals surface area contributed by atoms with Gasteiger partial charge in [0.1, 0.15) is 6.61 Å². The molecule has 0 saturated heterocycles. The van der Waals surface area contributed by atoms with Crippen molar-refractivity contribution < 1.29 is 14.6 Å². The van der Waals surface area contributed by atoms with Crippen molar-refractivity contribution in [1.29, 1.82) is 0 Å². The number of benzene rings is 1. The maximum atomic E-state index is 10.6. The van der Waals surface area contributed by atoms with Crippen molar-refractivity contribution in [3.63, 3.8) is 0 Å². The molecule has 5 nitrogen and oxygen atoms in total. The van der Waals surface area contributed by atoms with Gasteiger partial charge in [0.2, 0.25) is 0 Å². The first-order chi connectivity index (χ1) is 7.65. The summed E-state index contributed by atoms with van der Waals surface area (Å²) in [6, 6.07) is 7.00. The molecule has 0 bridgehead atoms. The Morgan fingerprint density at radius 1 is 1.50 bits per heavy atom. The molecule has 3 N–H and O–H groups in total. The number of rotatable bonds is 3. The fraction of sp³-hybridized carbons (Fsp3) is 0.273. The van der Waals surface area contributed by atoms with Gasteiger partial charge in [-0.15, -0.1) is 0 Å². The lowest BCUT2D eigenvalue weighted by Crippen LogP contribution is -2.11. The highest BCUT2D eigenvalue weighted by atomic mass is 16.5. The first kappa shape index (κ1) is 10.5. The molecule has 1 heterocycles. The van der Waals surface area contributed by atoms with Crippen LogP contribution in [0.2, 0.25) is 0 Å². The monoisotopic (exact) mass is 220 g/mol. The van der Waals surface area contributed by atoms with E-state index in [2.05, 4.69) is 4.99 Å². The van der Waals surface area contributed by atoms with Gasteiger partial charge in [0.15, 0.2) is 0 Å². The number of ether oxygens (including phenoxy) is 1. The molecule has 0 saturated carbocycles. The molecule has 0 spiro atoms. The second-order valence-electron chi connectivity index (χ2n) is 3.64. The minimum Gasteiger partial charge on any atom is -0.478 e. The second-order valence-corrected chi connectivity index (χ2v) is 3.64.